The Morgan fingerprint density at radius 2 is 1.39 bits per heavy atom. The van der Waals surface area contributed by atoms with Crippen molar-refractivity contribution in [2.24, 2.45) is 28.1 Å². The quantitative estimate of drug-likeness (QED) is 0.259. The number of carbonyl (C=O) groups is 2. The van der Waals surface area contributed by atoms with Gasteiger partial charge in [0, 0.05) is 30.4 Å². The van der Waals surface area contributed by atoms with Crippen LogP contribution in [-0.4, -0.2) is 34.4 Å². The van der Waals surface area contributed by atoms with Crippen molar-refractivity contribution in [2.45, 2.75) is 126 Å². The van der Waals surface area contributed by atoms with Crippen molar-refractivity contribution in [3.05, 3.63) is 79.6 Å². The van der Waals surface area contributed by atoms with Crippen molar-refractivity contribution >= 4 is 11.9 Å². The third kappa shape index (κ3) is 7.93. The van der Waals surface area contributed by atoms with E-state index in [1.807, 2.05) is 20.8 Å². The summed E-state index contributed by atoms with van der Waals surface area (Å²) < 4.78 is 24.8. The van der Waals surface area contributed by atoms with Crippen molar-refractivity contribution < 1.29 is 33.6 Å². The van der Waals surface area contributed by atoms with E-state index in [1.165, 1.54) is 24.3 Å². The van der Waals surface area contributed by atoms with Crippen molar-refractivity contribution in [1.29, 1.82) is 0 Å². The lowest BCUT2D eigenvalue weighted by molar-refractivity contribution is -0.143. The molecule has 0 amide bonds. The van der Waals surface area contributed by atoms with Crippen LogP contribution in [0.2, 0.25) is 0 Å². The third-order valence-electron chi connectivity index (χ3n) is 10.8. The first kappa shape index (κ1) is 38.3. The van der Waals surface area contributed by atoms with Gasteiger partial charge in [0.1, 0.15) is 22.7 Å². The number of rotatable bonds is 2. The van der Waals surface area contributed by atoms with E-state index >= 15 is 0 Å². The molecular weight excluding hydrogens is 648 g/mol. The number of fused-ring (bicyclic) bond motifs is 4. The zero-order chi connectivity index (χ0) is 37.9. The lowest BCUT2D eigenvalue weighted by atomic mass is 9.68. The summed E-state index contributed by atoms with van der Waals surface area (Å²) in [6, 6.07) is 7.65. The summed E-state index contributed by atoms with van der Waals surface area (Å²) in [7, 11) is 0. The summed E-state index contributed by atoms with van der Waals surface area (Å²) in [5.41, 5.74) is -2.32. The number of ether oxygens (including phenoxy) is 4. The van der Waals surface area contributed by atoms with Crippen molar-refractivity contribution in [1.82, 2.24) is 0 Å². The molecule has 0 fully saturated rings. The summed E-state index contributed by atoms with van der Waals surface area (Å²) in [6.07, 6.45) is 5.96. The highest BCUT2D eigenvalue weighted by Crippen LogP contribution is 2.49. The van der Waals surface area contributed by atoms with E-state index in [4.69, 9.17) is 18.9 Å². The van der Waals surface area contributed by atoms with Gasteiger partial charge in [-0.2, -0.15) is 0 Å². The van der Waals surface area contributed by atoms with Gasteiger partial charge in [-0.3, -0.25) is 19.2 Å². The number of allylic oxidation sites excluding steroid dienone is 1. The van der Waals surface area contributed by atoms with Gasteiger partial charge in [0.2, 0.25) is 10.9 Å². The maximum absolute atomic E-state index is 13.2. The molecule has 276 valence electrons. The minimum Gasteiger partial charge on any atom is -0.487 e. The van der Waals surface area contributed by atoms with Crippen LogP contribution >= 0.6 is 0 Å². The van der Waals surface area contributed by atoms with Crippen LogP contribution in [0.4, 0.5) is 0 Å². The summed E-state index contributed by atoms with van der Waals surface area (Å²) in [5, 5.41) is 12.3. The average Bonchev–Trinajstić information content (AvgIpc) is 3.20. The lowest BCUT2D eigenvalue weighted by Crippen LogP contribution is -2.56. The van der Waals surface area contributed by atoms with Crippen LogP contribution < -0.4 is 29.8 Å². The predicted molar refractivity (Wildman–Crippen MR) is 196 cm³/mol. The van der Waals surface area contributed by atoms with Crippen LogP contribution in [-0.2, 0) is 22.4 Å². The molecule has 51 heavy (non-hydrogen) atoms. The van der Waals surface area contributed by atoms with E-state index in [9.17, 15) is 24.3 Å². The number of hydrogen-bond acceptors (Lipinski definition) is 9. The molecule has 0 spiro atoms. The van der Waals surface area contributed by atoms with Gasteiger partial charge < -0.3 is 24.1 Å². The number of carbonyl (C=O) groups excluding carboxylic acids is 2. The van der Waals surface area contributed by atoms with Crippen molar-refractivity contribution in [3.63, 3.8) is 0 Å². The fraction of sp³-hybridized carbons (Fsp3) is 0.571. The second kappa shape index (κ2) is 13.2. The first-order chi connectivity index (χ1) is 23.4. The predicted octanol–water partition coefficient (Wildman–Crippen LogP) is 7.07. The van der Waals surface area contributed by atoms with Crippen LogP contribution in [0.25, 0.3) is 0 Å². The number of aliphatic hydroxyl groups is 1. The Hall–Kier alpha value is -3.98. The van der Waals surface area contributed by atoms with Gasteiger partial charge in [-0.1, -0.05) is 32.1 Å². The average molecular weight is 703 g/mol. The van der Waals surface area contributed by atoms with Crippen LogP contribution in [0.5, 0.6) is 23.0 Å². The maximum atomic E-state index is 13.2. The molecule has 0 saturated heterocycles. The normalized spacial score (nSPS) is 27.7. The number of aliphatic hydroxyl groups excluding tert-OH is 1. The number of esters is 2. The molecule has 3 aliphatic rings. The van der Waals surface area contributed by atoms with Crippen LogP contribution in [0.15, 0.2) is 52.1 Å². The van der Waals surface area contributed by atoms with Gasteiger partial charge in [0.15, 0.2) is 11.5 Å². The summed E-state index contributed by atoms with van der Waals surface area (Å²) >= 11 is 0. The molecule has 2 heterocycles. The molecule has 1 aliphatic carbocycles. The van der Waals surface area contributed by atoms with Crippen LogP contribution in [0.3, 0.4) is 0 Å². The minimum atomic E-state index is -1.08. The molecule has 2 aliphatic heterocycles. The molecule has 5 rings (SSSR count). The smallest absolute Gasteiger partial charge is 0.316 e. The monoisotopic (exact) mass is 702 g/mol. The van der Waals surface area contributed by atoms with E-state index in [0.717, 1.165) is 11.1 Å². The first-order valence-corrected chi connectivity index (χ1v) is 18.0. The van der Waals surface area contributed by atoms with Gasteiger partial charge in [0.05, 0.1) is 16.9 Å². The Morgan fingerprint density at radius 1 is 0.804 bits per heavy atom. The van der Waals surface area contributed by atoms with Gasteiger partial charge in [-0.05, 0) is 122 Å². The Bertz CT molecular complexity index is 1880. The Labute approximate surface area is 301 Å². The Balaban J connectivity index is 1.57. The molecule has 9 nitrogen and oxygen atoms in total. The molecule has 2 aromatic carbocycles. The third-order valence-corrected chi connectivity index (χ3v) is 10.8. The molecule has 9 heteroatoms. The highest BCUT2D eigenvalue weighted by molar-refractivity contribution is 5.78. The van der Waals surface area contributed by atoms with Crippen LogP contribution in [0, 0.1) is 35.0 Å². The number of hydrogen-bond donors (Lipinski definition) is 1. The maximum Gasteiger partial charge on any atom is 0.316 e. The van der Waals surface area contributed by atoms with Gasteiger partial charge in [0.25, 0.3) is 0 Å². The second-order valence-electron chi connectivity index (χ2n) is 18.0. The fourth-order valence-corrected chi connectivity index (χ4v) is 7.29. The molecule has 0 radical (unpaired) electrons. The molecule has 5 atom stereocenters. The summed E-state index contributed by atoms with van der Waals surface area (Å²) in [6.45, 7) is 20.5. The van der Waals surface area contributed by atoms with E-state index in [-0.39, 0.29) is 28.7 Å². The molecule has 0 aromatic heterocycles. The standard InChI is InChI=1S/C42H54O9/c1-24-17-30(44)34(49-37(47)39(5,6)7)22-32-28(24)19-26-20-35(45)42(11)27(23-40(8,9)15-12-16-41(26,10)50-32)18-25-13-14-29(43)33(21-31(25)51-42)48-36(46)38(2,3)4/h12-15,17,21-22,26-27,35,45H,16,18-20,23H2,1-11H3/b15-12+/t26-,27-,35-,41-,42-/m0/s1. The molecule has 0 bridgehead atoms. The molecular formula is C42H54O9. The highest BCUT2D eigenvalue weighted by atomic mass is 16.5. The van der Waals surface area contributed by atoms with E-state index < -0.39 is 50.9 Å². The minimum absolute atomic E-state index is 0.0822. The molecule has 2 aromatic rings. The van der Waals surface area contributed by atoms with E-state index in [0.29, 0.717) is 49.2 Å². The summed E-state index contributed by atoms with van der Waals surface area (Å²) in [5.74, 6) is -0.718. The van der Waals surface area contributed by atoms with Crippen molar-refractivity contribution in [2.75, 3.05) is 0 Å². The van der Waals surface area contributed by atoms with Gasteiger partial charge >= 0.3 is 11.9 Å². The Kier molecular flexibility index (Phi) is 9.91. The SMILES string of the molecule is Cc1cc(=O)c(OC(=O)C(C)(C)C)cc2c1C[C@H]1C[C@H](O)[C@@]3(C)Oc4cc(OC(=O)C(C)(C)C)c(=O)ccc4C[C@H]3CC(C)(C)/C=C/C[C@]1(C)O2. The lowest BCUT2D eigenvalue weighted by Gasteiger charge is -2.49. The highest BCUT2D eigenvalue weighted by Gasteiger charge is 2.51. The molecule has 0 unspecified atom stereocenters. The second-order valence-corrected chi connectivity index (χ2v) is 18.0. The summed E-state index contributed by atoms with van der Waals surface area (Å²) in [4.78, 5) is 51.9. The topological polar surface area (TPSA) is 125 Å². The van der Waals surface area contributed by atoms with Crippen molar-refractivity contribution in [3.8, 4) is 23.0 Å². The zero-order valence-corrected chi connectivity index (χ0v) is 32.0. The molecule has 0 saturated carbocycles. The number of aryl methyl sites for hydroxylation is 1. The molecule has 1 N–H and O–H groups in total. The first-order valence-electron chi connectivity index (χ1n) is 18.0. The fourth-order valence-electron chi connectivity index (χ4n) is 7.29. The largest absolute Gasteiger partial charge is 0.487 e. The van der Waals surface area contributed by atoms with Crippen LogP contribution in [0.1, 0.15) is 105 Å². The van der Waals surface area contributed by atoms with E-state index in [1.54, 1.807) is 47.6 Å². The van der Waals surface area contributed by atoms with E-state index in [2.05, 4.69) is 26.0 Å². The van der Waals surface area contributed by atoms with Gasteiger partial charge in [-0.15, -0.1) is 0 Å². The zero-order valence-electron chi connectivity index (χ0n) is 32.0. The Morgan fingerprint density at radius 3 is 2.00 bits per heavy atom. The van der Waals surface area contributed by atoms with Gasteiger partial charge in [-0.25, -0.2) is 0 Å².